The third-order valence-electron chi connectivity index (χ3n) is 4.90. The fraction of sp³-hybridized carbons (Fsp3) is 0.167. The van der Waals surface area contributed by atoms with Gasteiger partial charge in [-0.15, -0.1) is 10.2 Å². The summed E-state index contributed by atoms with van der Waals surface area (Å²) in [5.41, 5.74) is 7.92. The van der Waals surface area contributed by atoms with E-state index in [1.807, 2.05) is 24.3 Å². The quantitative estimate of drug-likeness (QED) is 0.434. The van der Waals surface area contributed by atoms with Crippen molar-refractivity contribution in [1.29, 1.82) is 0 Å². The number of ether oxygens (including phenoxy) is 1. The molecule has 0 radical (unpaired) electrons. The lowest BCUT2D eigenvalue weighted by atomic mass is 10.0. The normalized spacial score (nSPS) is 11.0. The number of aromatic amines is 1. The average Bonchev–Trinajstić information content (AvgIpc) is 3.27. The number of pyridine rings is 1. The number of hydrogen-bond acceptors (Lipinski definition) is 6. The van der Waals surface area contributed by atoms with Crippen LogP contribution in [0.5, 0.6) is 11.5 Å². The van der Waals surface area contributed by atoms with Gasteiger partial charge in [0, 0.05) is 35.2 Å². The molecule has 0 bridgehead atoms. The van der Waals surface area contributed by atoms with Crippen LogP contribution in [0.2, 0.25) is 0 Å². The van der Waals surface area contributed by atoms with Gasteiger partial charge in [0.15, 0.2) is 0 Å². The lowest BCUT2D eigenvalue weighted by Crippen LogP contribution is -2.13. The van der Waals surface area contributed by atoms with Crippen molar-refractivity contribution >= 4 is 17.2 Å². The molecule has 0 aliphatic rings. The van der Waals surface area contributed by atoms with Gasteiger partial charge in [-0.3, -0.25) is 9.59 Å². The van der Waals surface area contributed by atoms with Gasteiger partial charge in [0.05, 0.1) is 0 Å². The van der Waals surface area contributed by atoms with Crippen molar-refractivity contribution in [2.75, 3.05) is 0 Å². The number of rotatable bonds is 7. The zero-order valence-corrected chi connectivity index (χ0v) is 18.5. The van der Waals surface area contributed by atoms with Crippen molar-refractivity contribution in [2.24, 2.45) is 5.73 Å². The summed E-state index contributed by atoms with van der Waals surface area (Å²) in [6.07, 6.45) is 1.94. The molecule has 4 aromatic rings. The second kappa shape index (κ2) is 9.15. The van der Waals surface area contributed by atoms with Crippen LogP contribution in [0.4, 0.5) is 0 Å². The van der Waals surface area contributed by atoms with Gasteiger partial charge in [0.1, 0.15) is 21.5 Å². The first-order valence-corrected chi connectivity index (χ1v) is 10.9. The molecule has 0 aliphatic carbocycles. The van der Waals surface area contributed by atoms with E-state index in [1.54, 1.807) is 47.9 Å². The topological polar surface area (TPSA) is 111 Å². The molecule has 2 heterocycles. The predicted octanol–water partition coefficient (Wildman–Crippen LogP) is 4.50. The molecule has 2 aromatic carbocycles. The van der Waals surface area contributed by atoms with Crippen LogP contribution in [-0.4, -0.2) is 21.1 Å². The Morgan fingerprint density at radius 1 is 1.09 bits per heavy atom. The van der Waals surface area contributed by atoms with Crippen molar-refractivity contribution in [3.63, 3.8) is 0 Å². The number of benzene rings is 2. The molecule has 1 amide bonds. The molecule has 0 unspecified atom stereocenters. The van der Waals surface area contributed by atoms with Crippen LogP contribution in [0, 0.1) is 0 Å². The number of nitrogens with zero attached hydrogens (tertiary/aromatic N) is 2. The molecule has 0 fully saturated rings. The Labute approximate surface area is 188 Å². The molecule has 0 saturated heterocycles. The van der Waals surface area contributed by atoms with E-state index in [0.29, 0.717) is 35.0 Å². The highest BCUT2D eigenvalue weighted by atomic mass is 32.1. The number of H-pyrrole nitrogens is 1. The Morgan fingerprint density at radius 3 is 2.53 bits per heavy atom. The molecule has 7 nitrogen and oxygen atoms in total. The Morgan fingerprint density at radius 2 is 1.88 bits per heavy atom. The van der Waals surface area contributed by atoms with E-state index < -0.39 is 5.91 Å². The molecule has 0 spiro atoms. The summed E-state index contributed by atoms with van der Waals surface area (Å²) in [5.74, 6) is 0.839. The van der Waals surface area contributed by atoms with E-state index in [2.05, 4.69) is 29.0 Å². The number of aromatic nitrogens is 3. The van der Waals surface area contributed by atoms with Crippen LogP contribution in [0.1, 0.15) is 46.3 Å². The number of primary amides is 1. The molecule has 0 atom stereocenters. The van der Waals surface area contributed by atoms with Crippen molar-refractivity contribution < 1.29 is 9.53 Å². The molecule has 3 N–H and O–H groups in total. The number of hydrogen-bond donors (Lipinski definition) is 2. The monoisotopic (exact) mass is 446 g/mol. The third-order valence-corrected chi connectivity index (χ3v) is 6.17. The smallest absolute Gasteiger partial charge is 0.251 e. The molecule has 4 rings (SSSR count). The fourth-order valence-corrected chi connectivity index (χ4v) is 3.98. The van der Waals surface area contributed by atoms with Gasteiger partial charge in [-0.25, -0.2) is 0 Å². The van der Waals surface area contributed by atoms with E-state index in [-0.39, 0.29) is 5.56 Å². The number of carbonyl (C=O) groups excluding carboxylic acids is 1. The summed E-state index contributed by atoms with van der Waals surface area (Å²) >= 11 is 1.57. The van der Waals surface area contributed by atoms with E-state index >= 15 is 0 Å². The summed E-state index contributed by atoms with van der Waals surface area (Å²) in [4.78, 5) is 26.5. The van der Waals surface area contributed by atoms with Crippen LogP contribution in [0.15, 0.2) is 65.6 Å². The van der Waals surface area contributed by atoms with Crippen LogP contribution >= 0.6 is 11.3 Å². The van der Waals surface area contributed by atoms with Crippen molar-refractivity contribution in [1.82, 2.24) is 15.2 Å². The average molecular weight is 447 g/mol. The lowest BCUT2D eigenvalue weighted by Gasteiger charge is -2.13. The zero-order chi connectivity index (χ0) is 22.7. The van der Waals surface area contributed by atoms with Gasteiger partial charge in [-0.2, -0.15) is 0 Å². The molecule has 0 aliphatic heterocycles. The fourth-order valence-electron chi connectivity index (χ4n) is 3.13. The van der Waals surface area contributed by atoms with Crippen molar-refractivity contribution in [3.8, 4) is 22.1 Å². The molecule has 32 heavy (non-hydrogen) atoms. The third kappa shape index (κ3) is 4.76. The molecular formula is C24H22N4O3S. The van der Waals surface area contributed by atoms with Crippen molar-refractivity contribution in [2.45, 2.75) is 26.2 Å². The van der Waals surface area contributed by atoms with E-state index in [0.717, 1.165) is 21.1 Å². The van der Waals surface area contributed by atoms with Gasteiger partial charge < -0.3 is 15.5 Å². The van der Waals surface area contributed by atoms with E-state index in [1.165, 1.54) is 0 Å². The molecule has 0 saturated carbocycles. The number of nitrogens with two attached hydrogens (primary N) is 1. The van der Waals surface area contributed by atoms with Crippen LogP contribution in [-0.2, 0) is 6.42 Å². The van der Waals surface area contributed by atoms with Gasteiger partial charge in [0.25, 0.3) is 5.56 Å². The number of amides is 1. The number of nitrogens with one attached hydrogen (secondary N) is 1. The summed E-state index contributed by atoms with van der Waals surface area (Å²) in [6.45, 7) is 4.17. The summed E-state index contributed by atoms with van der Waals surface area (Å²) in [5, 5.41) is 10.3. The second-order valence-corrected chi connectivity index (χ2v) is 8.62. The Balaban J connectivity index is 1.62. The molecule has 8 heteroatoms. The van der Waals surface area contributed by atoms with Crippen molar-refractivity contribution in [3.05, 3.63) is 92.8 Å². The maximum Gasteiger partial charge on any atom is 0.251 e. The van der Waals surface area contributed by atoms with E-state index in [4.69, 9.17) is 10.5 Å². The first-order chi connectivity index (χ1) is 15.4. The molecule has 162 valence electrons. The van der Waals surface area contributed by atoms with Gasteiger partial charge in [0.2, 0.25) is 5.91 Å². The molecular weight excluding hydrogens is 424 g/mol. The Hall–Kier alpha value is -3.78. The highest BCUT2D eigenvalue weighted by Gasteiger charge is 2.13. The Kier molecular flexibility index (Phi) is 6.13. The predicted molar refractivity (Wildman–Crippen MR) is 124 cm³/mol. The molecule has 2 aromatic heterocycles. The van der Waals surface area contributed by atoms with Crippen LogP contribution in [0.3, 0.4) is 0 Å². The first kappa shape index (κ1) is 21.5. The summed E-state index contributed by atoms with van der Waals surface area (Å²) in [6, 6.07) is 16.0. The minimum absolute atomic E-state index is 0.167. The lowest BCUT2D eigenvalue weighted by molar-refractivity contribution is 0.1000. The highest BCUT2D eigenvalue weighted by molar-refractivity contribution is 7.14. The first-order valence-electron chi connectivity index (χ1n) is 10.1. The SMILES string of the molecule is CC(C)c1nnc(-c2ccc(Oc3cc(C(N)=O)ccc3Cc3ccc[nH]c3=O)cc2)s1. The van der Waals surface area contributed by atoms with Crippen LogP contribution in [0.25, 0.3) is 10.6 Å². The largest absolute Gasteiger partial charge is 0.457 e. The minimum Gasteiger partial charge on any atom is -0.457 e. The zero-order valence-electron chi connectivity index (χ0n) is 17.7. The second-order valence-electron chi connectivity index (χ2n) is 7.61. The van der Waals surface area contributed by atoms with Crippen LogP contribution < -0.4 is 16.0 Å². The summed E-state index contributed by atoms with van der Waals surface area (Å²) in [7, 11) is 0. The Bertz CT molecular complexity index is 1310. The van der Waals surface area contributed by atoms with Gasteiger partial charge >= 0.3 is 0 Å². The van der Waals surface area contributed by atoms with Gasteiger partial charge in [-0.05, 0) is 48.0 Å². The minimum atomic E-state index is -0.550. The number of carbonyl (C=O) groups is 1. The summed E-state index contributed by atoms with van der Waals surface area (Å²) < 4.78 is 6.09. The van der Waals surface area contributed by atoms with Gasteiger partial charge in [-0.1, -0.05) is 37.3 Å². The maximum atomic E-state index is 12.1. The standard InChI is InChI=1S/C24H22N4O3S/c1-14(2)23-27-28-24(32-23)15-7-9-19(10-8-15)31-20-13-17(21(25)29)6-5-16(20)12-18-4-3-11-26-22(18)30/h3-11,13-14H,12H2,1-2H3,(H2,25,29)(H,26,30). The maximum absolute atomic E-state index is 12.1. The highest BCUT2D eigenvalue weighted by Crippen LogP contribution is 2.32. The van der Waals surface area contributed by atoms with E-state index in [9.17, 15) is 9.59 Å².